The Kier molecular flexibility index (Phi) is 5.90. The smallest absolute Gasteiger partial charge is 0.351 e. The van der Waals surface area contributed by atoms with E-state index in [0.29, 0.717) is 23.5 Å². The fraction of sp³-hybridized carbons (Fsp3) is 0.286. The Morgan fingerprint density at radius 1 is 0.967 bits per heavy atom. The van der Waals surface area contributed by atoms with Crippen LogP contribution in [0.1, 0.15) is 31.2 Å². The van der Waals surface area contributed by atoms with E-state index in [2.05, 4.69) is 41.5 Å². The van der Waals surface area contributed by atoms with Crippen LogP contribution in [0.15, 0.2) is 53.3 Å². The van der Waals surface area contributed by atoms with Gasteiger partial charge in [0.2, 0.25) is 5.95 Å². The number of pyridine rings is 1. The summed E-state index contributed by atoms with van der Waals surface area (Å²) in [5.41, 5.74) is 1.04. The van der Waals surface area contributed by atoms with Crippen molar-refractivity contribution >= 4 is 33.4 Å². The standard InChI is InChI=1S/C21H19BrF3N5/c22-17-6-5-15(11-16(17)21(23,24)25)27-19-12-18(13-7-9-26-10-8-13)29-20(30-19)28-14-3-1-2-4-14/h5-12,14H,1-4H2,(H2,27,28,29,30). The average Bonchev–Trinajstić information content (AvgIpc) is 3.22. The molecular weight excluding hydrogens is 459 g/mol. The molecule has 1 aromatic carbocycles. The van der Waals surface area contributed by atoms with Crippen molar-refractivity contribution in [1.82, 2.24) is 15.0 Å². The normalized spacial score (nSPS) is 14.7. The lowest BCUT2D eigenvalue weighted by atomic mass is 10.1. The van der Waals surface area contributed by atoms with Crippen molar-refractivity contribution in [1.29, 1.82) is 0 Å². The maximum atomic E-state index is 13.2. The highest BCUT2D eigenvalue weighted by molar-refractivity contribution is 9.10. The van der Waals surface area contributed by atoms with Gasteiger partial charge in [0, 0.05) is 40.2 Å². The molecule has 4 rings (SSSR count). The van der Waals surface area contributed by atoms with Gasteiger partial charge < -0.3 is 10.6 Å². The fourth-order valence-corrected chi connectivity index (χ4v) is 3.94. The second-order valence-corrected chi connectivity index (χ2v) is 8.00. The molecule has 0 radical (unpaired) electrons. The van der Waals surface area contributed by atoms with Crippen LogP contribution in [-0.2, 0) is 6.18 Å². The van der Waals surface area contributed by atoms with Crippen LogP contribution in [0.5, 0.6) is 0 Å². The summed E-state index contributed by atoms with van der Waals surface area (Å²) in [6.45, 7) is 0. The van der Waals surface area contributed by atoms with Gasteiger partial charge in [-0.1, -0.05) is 28.8 Å². The molecule has 0 bridgehead atoms. The van der Waals surface area contributed by atoms with E-state index in [0.717, 1.165) is 37.3 Å². The molecule has 2 aromatic heterocycles. The summed E-state index contributed by atoms with van der Waals surface area (Å²) in [4.78, 5) is 13.1. The predicted molar refractivity (Wildman–Crippen MR) is 114 cm³/mol. The average molecular weight is 478 g/mol. The molecule has 3 aromatic rings. The second kappa shape index (κ2) is 8.59. The van der Waals surface area contributed by atoms with E-state index >= 15 is 0 Å². The van der Waals surface area contributed by atoms with E-state index < -0.39 is 11.7 Å². The van der Waals surface area contributed by atoms with Gasteiger partial charge in [-0.3, -0.25) is 4.98 Å². The van der Waals surface area contributed by atoms with Gasteiger partial charge in [0.15, 0.2) is 0 Å². The summed E-state index contributed by atoms with van der Waals surface area (Å²) >= 11 is 2.97. The highest BCUT2D eigenvalue weighted by Gasteiger charge is 2.33. The second-order valence-electron chi connectivity index (χ2n) is 7.14. The van der Waals surface area contributed by atoms with E-state index in [1.54, 1.807) is 24.5 Å². The molecule has 0 saturated heterocycles. The van der Waals surface area contributed by atoms with Crippen molar-refractivity contribution in [2.75, 3.05) is 10.6 Å². The predicted octanol–water partition coefficient (Wildman–Crippen LogP) is 6.42. The zero-order valence-electron chi connectivity index (χ0n) is 15.9. The number of hydrogen-bond donors (Lipinski definition) is 2. The van der Waals surface area contributed by atoms with Crippen molar-refractivity contribution in [2.45, 2.75) is 37.9 Å². The first kappa shape index (κ1) is 20.6. The number of halogens is 4. The van der Waals surface area contributed by atoms with E-state index in [1.807, 2.05) is 12.1 Å². The van der Waals surface area contributed by atoms with Gasteiger partial charge in [-0.25, -0.2) is 4.98 Å². The van der Waals surface area contributed by atoms with Gasteiger partial charge in [0.25, 0.3) is 0 Å². The van der Waals surface area contributed by atoms with Crippen molar-refractivity contribution in [2.24, 2.45) is 0 Å². The molecular formula is C21H19BrF3N5. The minimum absolute atomic E-state index is 0.00991. The van der Waals surface area contributed by atoms with Gasteiger partial charge in [-0.2, -0.15) is 18.2 Å². The van der Waals surface area contributed by atoms with E-state index in [9.17, 15) is 13.2 Å². The molecule has 0 unspecified atom stereocenters. The Balaban J connectivity index is 1.68. The SMILES string of the molecule is FC(F)(F)c1cc(Nc2cc(-c3ccncc3)nc(NC3CCCC3)n2)ccc1Br. The van der Waals surface area contributed by atoms with Crippen LogP contribution >= 0.6 is 15.9 Å². The molecule has 0 aliphatic heterocycles. The molecule has 0 atom stereocenters. The van der Waals surface area contributed by atoms with Gasteiger partial charge in [-0.05, 0) is 43.2 Å². The first-order valence-corrected chi connectivity index (χ1v) is 10.4. The van der Waals surface area contributed by atoms with Crippen LogP contribution in [0.3, 0.4) is 0 Å². The van der Waals surface area contributed by atoms with E-state index in [-0.39, 0.29) is 10.2 Å². The molecule has 1 saturated carbocycles. The molecule has 0 spiro atoms. The lowest BCUT2D eigenvalue weighted by Crippen LogP contribution is -2.17. The lowest BCUT2D eigenvalue weighted by Gasteiger charge is -2.16. The zero-order chi connectivity index (χ0) is 21.1. The number of aromatic nitrogens is 3. The van der Waals surface area contributed by atoms with E-state index in [1.165, 1.54) is 6.07 Å². The largest absolute Gasteiger partial charge is 0.417 e. The quantitative estimate of drug-likeness (QED) is 0.443. The van der Waals surface area contributed by atoms with E-state index in [4.69, 9.17) is 0 Å². The summed E-state index contributed by atoms with van der Waals surface area (Å²) in [6.07, 6.45) is 3.29. The number of nitrogens with zero attached hydrogens (tertiary/aromatic N) is 3. The topological polar surface area (TPSA) is 62.7 Å². The Morgan fingerprint density at radius 2 is 1.70 bits per heavy atom. The maximum absolute atomic E-state index is 13.2. The maximum Gasteiger partial charge on any atom is 0.417 e. The number of benzene rings is 1. The Morgan fingerprint density at radius 3 is 2.40 bits per heavy atom. The summed E-state index contributed by atoms with van der Waals surface area (Å²) in [7, 11) is 0. The zero-order valence-corrected chi connectivity index (χ0v) is 17.5. The number of nitrogens with one attached hydrogen (secondary N) is 2. The molecule has 2 heterocycles. The Labute approximate surface area is 180 Å². The summed E-state index contributed by atoms with van der Waals surface area (Å²) in [6, 6.07) is 9.66. The van der Waals surface area contributed by atoms with Gasteiger partial charge in [0.05, 0.1) is 11.3 Å². The van der Waals surface area contributed by atoms with Crippen molar-refractivity contribution in [3.05, 3.63) is 58.8 Å². The van der Waals surface area contributed by atoms with Gasteiger partial charge >= 0.3 is 6.18 Å². The lowest BCUT2D eigenvalue weighted by molar-refractivity contribution is -0.138. The van der Waals surface area contributed by atoms with Gasteiger partial charge in [-0.15, -0.1) is 0 Å². The number of anilines is 3. The minimum atomic E-state index is -4.46. The molecule has 9 heteroatoms. The summed E-state index contributed by atoms with van der Waals surface area (Å²) in [5, 5.41) is 6.35. The molecule has 1 fully saturated rings. The number of hydrogen-bond acceptors (Lipinski definition) is 5. The van der Waals surface area contributed by atoms with Crippen LogP contribution in [0.4, 0.5) is 30.6 Å². The van der Waals surface area contributed by atoms with Crippen LogP contribution in [-0.4, -0.2) is 21.0 Å². The van der Waals surface area contributed by atoms with Crippen molar-refractivity contribution in [3.8, 4) is 11.3 Å². The molecule has 30 heavy (non-hydrogen) atoms. The first-order chi connectivity index (χ1) is 14.4. The third kappa shape index (κ3) is 4.89. The molecule has 156 valence electrons. The van der Waals surface area contributed by atoms with Crippen LogP contribution < -0.4 is 10.6 Å². The molecule has 5 nitrogen and oxygen atoms in total. The van der Waals surface area contributed by atoms with Crippen LogP contribution in [0.25, 0.3) is 11.3 Å². The molecule has 1 aliphatic rings. The van der Waals surface area contributed by atoms with Crippen molar-refractivity contribution < 1.29 is 13.2 Å². The fourth-order valence-electron chi connectivity index (χ4n) is 3.47. The number of alkyl halides is 3. The van der Waals surface area contributed by atoms with Crippen molar-refractivity contribution in [3.63, 3.8) is 0 Å². The minimum Gasteiger partial charge on any atom is -0.351 e. The third-order valence-corrected chi connectivity index (χ3v) is 5.63. The highest BCUT2D eigenvalue weighted by atomic mass is 79.9. The summed E-state index contributed by atoms with van der Waals surface area (Å²) in [5.74, 6) is 0.861. The Hall–Kier alpha value is -2.68. The molecule has 1 aliphatic carbocycles. The van der Waals surface area contributed by atoms with Crippen LogP contribution in [0.2, 0.25) is 0 Å². The van der Waals surface area contributed by atoms with Crippen LogP contribution in [0, 0.1) is 0 Å². The van der Waals surface area contributed by atoms with Gasteiger partial charge in [0.1, 0.15) is 5.82 Å². The molecule has 0 amide bonds. The summed E-state index contributed by atoms with van der Waals surface area (Å²) < 4.78 is 39.7. The highest BCUT2D eigenvalue weighted by Crippen LogP contribution is 2.37. The number of rotatable bonds is 5. The molecule has 2 N–H and O–H groups in total. The third-order valence-electron chi connectivity index (χ3n) is 4.93. The Bertz CT molecular complexity index is 1020. The monoisotopic (exact) mass is 477 g/mol. The first-order valence-electron chi connectivity index (χ1n) is 9.58.